The van der Waals surface area contributed by atoms with Gasteiger partial charge in [0, 0.05) is 54.5 Å². The number of carbonyl (C=O) groups is 2. The molecule has 1 fully saturated rings. The standard InChI is InChI=1S/C23H29N3O5S2/c1-16-14-21(17(2)32-16)33(29,30)26-11-9-25(10-12-26)23(28)4-3-13-31-19-6-7-20-18(15-19)5-8-22(27)24-20/h6-7,14-15H,3-5,8-13H2,1-2H3,(H,24,27). The third kappa shape index (κ3) is 5.39. The van der Waals surface area contributed by atoms with Gasteiger partial charge >= 0.3 is 0 Å². The van der Waals surface area contributed by atoms with Crippen LogP contribution in [0.4, 0.5) is 5.69 Å². The highest BCUT2D eigenvalue weighted by molar-refractivity contribution is 7.89. The molecule has 1 aromatic heterocycles. The van der Waals surface area contributed by atoms with E-state index in [9.17, 15) is 18.0 Å². The van der Waals surface area contributed by atoms with Crippen LogP contribution in [0.25, 0.3) is 0 Å². The summed E-state index contributed by atoms with van der Waals surface area (Å²) in [6.45, 7) is 5.57. The molecule has 2 aromatic rings. The van der Waals surface area contributed by atoms with Gasteiger partial charge in [-0.1, -0.05) is 0 Å². The zero-order chi connectivity index (χ0) is 23.6. The van der Waals surface area contributed by atoms with Crippen molar-refractivity contribution in [2.75, 3.05) is 38.1 Å². The van der Waals surface area contributed by atoms with E-state index in [1.54, 1.807) is 11.0 Å². The Morgan fingerprint density at radius 1 is 1.12 bits per heavy atom. The van der Waals surface area contributed by atoms with Gasteiger partial charge < -0.3 is 15.0 Å². The van der Waals surface area contributed by atoms with Crippen LogP contribution in [0.5, 0.6) is 5.75 Å². The summed E-state index contributed by atoms with van der Waals surface area (Å²) in [5.41, 5.74) is 1.89. The minimum Gasteiger partial charge on any atom is -0.494 e. The van der Waals surface area contributed by atoms with E-state index in [0.29, 0.717) is 63.4 Å². The maximum absolute atomic E-state index is 12.9. The highest BCUT2D eigenvalue weighted by atomic mass is 32.2. The number of hydrogen-bond acceptors (Lipinski definition) is 6. The summed E-state index contributed by atoms with van der Waals surface area (Å²) in [6.07, 6.45) is 2.12. The fraction of sp³-hybridized carbons (Fsp3) is 0.478. The second-order valence-corrected chi connectivity index (χ2v) is 11.7. The quantitative estimate of drug-likeness (QED) is 0.601. The number of thiophene rings is 1. The van der Waals surface area contributed by atoms with Crippen LogP contribution in [0.3, 0.4) is 0 Å². The lowest BCUT2D eigenvalue weighted by Gasteiger charge is -2.34. The van der Waals surface area contributed by atoms with Crippen molar-refractivity contribution >= 4 is 38.9 Å². The Labute approximate surface area is 198 Å². The van der Waals surface area contributed by atoms with Crippen molar-refractivity contribution in [1.29, 1.82) is 0 Å². The van der Waals surface area contributed by atoms with Crippen molar-refractivity contribution in [3.63, 3.8) is 0 Å². The zero-order valence-corrected chi connectivity index (χ0v) is 20.6. The number of amides is 2. The van der Waals surface area contributed by atoms with E-state index in [0.717, 1.165) is 26.8 Å². The van der Waals surface area contributed by atoms with Gasteiger partial charge in [-0.2, -0.15) is 4.31 Å². The molecule has 33 heavy (non-hydrogen) atoms. The fourth-order valence-corrected chi connectivity index (χ4v) is 7.15. The number of nitrogens with zero attached hydrogens (tertiary/aromatic N) is 2. The van der Waals surface area contributed by atoms with Crippen molar-refractivity contribution in [3.8, 4) is 5.75 Å². The second-order valence-electron chi connectivity index (χ2n) is 8.38. The number of sulfonamides is 1. The van der Waals surface area contributed by atoms with Gasteiger partial charge in [0.15, 0.2) is 0 Å². The number of benzene rings is 1. The monoisotopic (exact) mass is 491 g/mol. The molecule has 1 saturated heterocycles. The molecule has 10 heteroatoms. The molecule has 0 unspecified atom stereocenters. The third-order valence-corrected chi connectivity index (χ3v) is 9.10. The van der Waals surface area contributed by atoms with Crippen LogP contribution >= 0.6 is 11.3 Å². The lowest BCUT2D eigenvalue weighted by Crippen LogP contribution is -2.50. The zero-order valence-electron chi connectivity index (χ0n) is 18.9. The first-order valence-electron chi connectivity index (χ1n) is 11.1. The van der Waals surface area contributed by atoms with Crippen molar-refractivity contribution in [2.24, 2.45) is 0 Å². The van der Waals surface area contributed by atoms with E-state index in [-0.39, 0.29) is 11.8 Å². The summed E-state index contributed by atoms with van der Waals surface area (Å²) in [7, 11) is -3.52. The predicted molar refractivity (Wildman–Crippen MR) is 127 cm³/mol. The average molecular weight is 492 g/mol. The van der Waals surface area contributed by atoms with E-state index < -0.39 is 10.0 Å². The maximum Gasteiger partial charge on any atom is 0.244 e. The van der Waals surface area contributed by atoms with Crippen molar-refractivity contribution in [2.45, 2.75) is 44.4 Å². The highest BCUT2D eigenvalue weighted by Gasteiger charge is 2.31. The van der Waals surface area contributed by atoms with Crippen molar-refractivity contribution < 1.29 is 22.7 Å². The summed E-state index contributed by atoms with van der Waals surface area (Å²) < 4.78 is 33.2. The molecule has 0 aliphatic carbocycles. The molecule has 1 N–H and O–H groups in total. The molecule has 0 bridgehead atoms. The molecule has 0 atom stereocenters. The number of anilines is 1. The summed E-state index contributed by atoms with van der Waals surface area (Å²) in [5, 5.41) is 2.85. The molecule has 1 aromatic carbocycles. The molecule has 2 aliphatic rings. The molecule has 2 aliphatic heterocycles. The number of nitrogens with one attached hydrogen (secondary N) is 1. The summed E-state index contributed by atoms with van der Waals surface area (Å²) in [6, 6.07) is 7.33. The number of rotatable bonds is 7. The number of piperazine rings is 1. The Morgan fingerprint density at radius 2 is 1.88 bits per heavy atom. The van der Waals surface area contributed by atoms with Crippen LogP contribution in [0, 0.1) is 13.8 Å². The lowest BCUT2D eigenvalue weighted by molar-refractivity contribution is -0.132. The minimum atomic E-state index is -3.52. The Hall–Kier alpha value is -2.43. The van der Waals surface area contributed by atoms with Crippen LogP contribution in [-0.4, -0.2) is 62.2 Å². The van der Waals surface area contributed by atoms with E-state index >= 15 is 0 Å². The number of carbonyl (C=O) groups excluding carboxylic acids is 2. The van der Waals surface area contributed by atoms with Gasteiger partial charge in [-0.05, 0) is 56.5 Å². The van der Waals surface area contributed by atoms with Gasteiger partial charge in [-0.25, -0.2) is 8.42 Å². The van der Waals surface area contributed by atoms with Crippen LogP contribution in [0.1, 0.15) is 34.6 Å². The van der Waals surface area contributed by atoms with Gasteiger partial charge in [0.2, 0.25) is 21.8 Å². The Kier molecular flexibility index (Phi) is 7.06. The number of hydrogen-bond donors (Lipinski definition) is 1. The van der Waals surface area contributed by atoms with E-state index in [2.05, 4.69) is 5.32 Å². The molecule has 0 saturated carbocycles. The predicted octanol–water partition coefficient (Wildman–Crippen LogP) is 2.94. The van der Waals surface area contributed by atoms with E-state index in [1.165, 1.54) is 15.6 Å². The summed E-state index contributed by atoms with van der Waals surface area (Å²) in [4.78, 5) is 27.9. The van der Waals surface area contributed by atoms with Crippen LogP contribution in [-0.2, 0) is 26.0 Å². The fourth-order valence-electron chi connectivity index (χ4n) is 4.20. The van der Waals surface area contributed by atoms with Gasteiger partial charge in [0.1, 0.15) is 5.75 Å². The Bertz CT molecular complexity index is 1150. The molecule has 178 valence electrons. The van der Waals surface area contributed by atoms with Crippen molar-refractivity contribution in [3.05, 3.63) is 39.6 Å². The first-order chi connectivity index (χ1) is 15.7. The lowest BCUT2D eigenvalue weighted by atomic mass is 10.0. The van der Waals surface area contributed by atoms with E-state index in [1.807, 2.05) is 32.0 Å². The number of ether oxygens (including phenoxy) is 1. The molecule has 3 heterocycles. The Balaban J connectivity index is 1.21. The van der Waals surface area contributed by atoms with E-state index in [4.69, 9.17) is 4.74 Å². The molecule has 4 rings (SSSR count). The molecule has 2 amide bonds. The van der Waals surface area contributed by atoms with Gasteiger partial charge in [0.25, 0.3) is 0 Å². The SMILES string of the molecule is Cc1cc(S(=O)(=O)N2CCN(C(=O)CCCOc3ccc4c(c3)CCC(=O)N4)CC2)c(C)s1. The topological polar surface area (TPSA) is 96.0 Å². The minimum absolute atomic E-state index is 0.0198. The smallest absolute Gasteiger partial charge is 0.244 e. The average Bonchev–Trinajstić information content (AvgIpc) is 3.15. The highest BCUT2D eigenvalue weighted by Crippen LogP contribution is 2.29. The van der Waals surface area contributed by atoms with Gasteiger partial charge in [0.05, 0.1) is 11.5 Å². The second kappa shape index (κ2) is 9.82. The Morgan fingerprint density at radius 3 is 2.58 bits per heavy atom. The molecular formula is C23H29N3O5S2. The van der Waals surface area contributed by atoms with Crippen LogP contribution in [0.2, 0.25) is 0 Å². The van der Waals surface area contributed by atoms with Gasteiger partial charge in [-0.15, -0.1) is 11.3 Å². The maximum atomic E-state index is 12.9. The van der Waals surface area contributed by atoms with Crippen LogP contribution in [0.15, 0.2) is 29.2 Å². The number of fused-ring (bicyclic) bond motifs is 1. The first kappa shape index (κ1) is 23.7. The largest absolute Gasteiger partial charge is 0.494 e. The number of aryl methyl sites for hydroxylation is 3. The van der Waals surface area contributed by atoms with Crippen LogP contribution < -0.4 is 10.1 Å². The molecular weight excluding hydrogens is 462 g/mol. The van der Waals surface area contributed by atoms with Crippen molar-refractivity contribution in [1.82, 2.24) is 9.21 Å². The molecule has 0 radical (unpaired) electrons. The molecule has 8 nitrogen and oxygen atoms in total. The summed E-state index contributed by atoms with van der Waals surface area (Å²) >= 11 is 1.48. The normalized spacial score (nSPS) is 16.9. The van der Waals surface area contributed by atoms with Gasteiger partial charge in [-0.3, -0.25) is 9.59 Å². The third-order valence-electron chi connectivity index (χ3n) is 5.98. The summed E-state index contributed by atoms with van der Waals surface area (Å²) in [5.74, 6) is 0.784. The molecule has 0 spiro atoms. The first-order valence-corrected chi connectivity index (χ1v) is 13.4.